The van der Waals surface area contributed by atoms with Crippen LogP contribution in [-0.2, 0) is 10.8 Å². The summed E-state index contributed by atoms with van der Waals surface area (Å²) < 4.78 is 0. The van der Waals surface area contributed by atoms with E-state index in [9.17, 15) is 0 Å². The molecule has 1 nitrogen and oxygen atoms in total. The van der Waals surface area contributed by atoms with Crippen LogP contribution < -0.4 is 4.90 Å². The fourth-order valence-electron chi connectivity index (χ4n) is 9.14. The Hall–Kier alpha value is -5.66. The predicted octanol–water partition coefficient (Wildman–Crippen LogP) is 13.7. The van der Waals surface area contributed by atoms with Crippen molar-refractivity contribution in [1.82, 2.24) is 0 Å². The van der Waals surface area contributed by atoms with E-state index in [2.05, 4.69) is 198 Å². The van der Waals surface area contributed by atoms with Crippen LogP contribution in [0.4, 0.5) is 17.1 Å². The second-order valence-corrected chi connectivity index (χ2v) is 15.5. The second kappa shape index (κ2) is 11.4. The Morgan fingerprint density at radius 3 is 1.24 bits per heavy atom. The number of nitrogens with zero attached hydrogens (tertiary/aromatic N) is 1. The van der Waals surface area contributed by atoms with Gasteiger partial charge in [-0.1, -0.05) is 143 Å². The summed E-state index contributed by atoms with van der Waals surface area (Å²) in [7, 11) is 0. The first-order valence-corrected chi connectivity index (χ1v) is 18.2. The van der Waals surface area contributed by atoms with Crippen molar-refractivity contribution in [3.8, 4) is 44.5 Å². The Bertz CT molecular complexity index is 2370. The van der Waals surface area contributed by atoms with Gasteiger partial charge in [-0.15, -0.1) is 0 Å². The van der Waals surface area contributed by atoms with Gasteiger partial charge < -0.3 is 4.90 Å². The van der Waals surface area contributed by atoms with E-state index in [4.69, 9.17) is 0 Å². The highest BCUT2D eigenvalue weighted by Gasteiger charge is 2.38. The standard InChI is InChI=1S/C50H43N/c1-32-28-35(39-19-11-10-18-38(39)34-16-8-7-9-17-34)29-33(2)48(32)51(36-24-26-42-40-20-12-14-22-44(40)49(3,4)46(42)30-36)37-25-27-43-41-21-13-15-23-45(41)50(5,6)47(43)31-37/h7-31H,1-6H3. The summed E-state index contributed by atoms with van der Waals surface area (Å²) in [6.45, 7) is 14.0. The van der Waals surface area contributed by atoms with Crippen LogP contribution in [0, 0.1) is 13.8 Å². The summed E-state index contributed by atoms with van der Waals surface area (Å²) in [5.41, 5.74) is 21.8. The molecule has 0 spiro atoms. The van der Waals surface area contributed by atoms with Crippen molar-refractivity contribution in [3.63, 3.8) is 0 Å². The van der Waals surface area contributed by atoms with Gasteiger partial charge in [-0.25, -0.2) is 0 Å². The minimum absolute atomic E-state index is 0.0930. The molecule has 0 saturated heterocycles. The van der Waals surface area contributed by atoms with Crippen LogP contribution >= 0.6 is 0 Å². The van der Waals surface area contributed by atoms with E-state index in [0.29, 0.717) is 0 Å². The Balaban J connectivity index is 1.24. The Kier molecular flexibility index (Phi) is 7.03. The molecule has 0 radical (unpaired) electrons. The summed E-state index contributed by atoms with van der Waals surface area (Å²) in [6.07, 6.45) is 0. The maximum absolute atomic E-state index is 2.52. The number of hydrogen-bond donors (Lipinski definition) is 0. The lowest BCUT2D eigenvalue weighted by atomic mass is 9.82. The molecule has 0 bridgehead atoms. The molecule has 0 amide bonds. The first-order chi connectivity index (χ1) is 24.6. The zero-order valence-corrected chi connectivity index (χ0v) is 30.4. The molecule has 0 fully saturated rings. The first kappa shape index (κ1) is 31.3. The highest BCUT2D eigenvalue weighted by Crippen LogP contribution is 2.53. The average molecular weight is 658 g/mol. The highest BCUT2D eigenvalue weighted by atomic mass is 15.1. The highest BCUT2D eigenvalue weighted by molar-refractivity contribution is 5.91. The average Bonchev–Trinajstić information content (AvgIpc) is 3.52. The third-order valence-corrected chi connectivity index (χ3v) is 11.7. The van der Waals surface area contributed by atoms with Crippen molar-refractivity contribution in [3.05, 3.63) is 185 Å². The van der Waals surface area contributed by atoms with E-state index in [1.54, 1.807) is 0 Å². The summed E-state index contributed by atoms with van der Waals surface area (Å²) in [5.74, 6) is 0. The van der Waals surface area contributed by atoms with E-state index in [0.717, 1.165) is 0 Å². The summed E-state index contributed by atoms with van der Waals surface area (Å²) in [6, 6.07) is 56.4. The molecular weight excluding hydrogens is 615 g/mol. The largest absolute Gasteiger partial charge is 0.310 e. The van der Waals surface area contributed by atoms with Crippen LogP contribution in [0.1, 0.15) is 61.1 Å². The molecule has 0 N–H and O–H groups in total. The van der Waals surface area contributed by atoms with Crippen LogP contribution in [0.5, 0.6) is 0 Å². The molecule has 9 rings (SSSR count). The summed E-state index contributed by atoms with van der Waals surface area (Å²) in [5, 5.41) is 0. The van der Waals surface area contributed by atoms with Crippen LogP contribution in [-0.4, -0.2) is 0 Å². The lowest BCUT2D eigenvalue weighted by molar-refractivity contribution is 0.660. The van der Waals surface area contributed by atoms with Crippen LogP contribution in [0.25, 0.3) is 44.5 Å². The number of benzene rings is 7. The maximum Gasteiger partial charge on any atom is 0.0520 e. The van der Waals surface area contributed by atoms with E-state index in [-0.39, 0.29) is 10.8 Å². The van der Waals surface area contributed by atoms with E-state index in [1.165, 1.54) is 95.0 Å². The molecular formula is C50H43N. The first-order valence-electron chi connectivity index (χ1n) is 18.2. The van der Waals surface area contributed by atoms with Gasteiger partial charge in [-0.05, 0) is 128 Å². The molecule has 0 heterocycles. The lowest BCUT2D eigenvalue weighted by Gasteiger charge is -2.32. The Morgan fingerprint density at radius 2 is 0.745 bits per heavy atom. The zero-order chi connectivity index (χ0) is 35.1. The smallest absolute Gasteiger partial charge is 0.0520 e. The monoisotopic (exact) mass is 657 g/mol. The van der Waals surface area contributed by atoms with Crippen molar-refractivity contribution in [2.24, 2.45) is 0 Å². The van der Waals surface area contributed by atoms with E-state index < -0.39 is 0 Å². The summed E-state index contributed by atoms with van der Waals surface area (Å²) in [4.78, 5) is 2.52. The fraction of sp³-hybridized carbons (Fsp3) is 0.160. The van der Waals surface area contributed by atoms with E-state index >= 15 is 0 Å². The van der Waals surface area contributed by atoms with Gasteiger partial charge in [0.05, 0.1) is 5.69 Å². The SMILES string of the molecule is Cc1cc(-c2ccccc2-c2ccccc2)cc(C)c1N(c1ccc2c(c1)C(C)(C)c1ccccc1-2)c1ccc2c(c1)C(C)(C)c1ccccc1-2. The van der Waals surface area contributed by atoms with Gasteiger partial charge in [0.15, 0.2) is 0 Å². The molecule has 248 valence electrons. The number of fused-ring (bicyclic) bond motifs is 6. The van der Waals surface area contributed by atoms with Gasteiger partial charge in [0.25, 0.3) is 0 Å². The second-order valence-electron chi connectivity index (χ2n) is 15.5. The van der Waals surface area contributed by atoms with Crippen LogP contribution in [0.3, 0.4) is 0 Å². The molecule has 0 saturated carbocycles. The number of hydrogen-bond acceptors (Lipinski definition) is 1. The van der Waals surface area contributed by atoms with Gasteiger partial charge in [0.2, 0.25) is 0 Å². The van der Waals surface area contributed by atoms with Gasteiger partial charge >= 0.3 is 0 Å². The van der Waals surface area contributed by atoms with E-state index in [1.807, 2.05) is 0 Å². The lowest BCUT2D eigenvalue weighted by Crippen LogP contribution is -2.18. The zero-order valence-electron chi connectivity index (χ0n) is 30.4. The fourth-order valence-corrected chi connectivity index (χ4v) is 9.14. The quantitative estimate of drug-likeness (QED) is 0.178. The third kappa shape index (κ3) is 4.75. The van der Waals surface area contributed by atoms with Crippen molar-refractivity contribution in [2.75, 3.05) is 4.90 Å². The molecule has 7 aromatic carbocycles. The Labute approximate surface area is 302 Å². The molecule has 0 aromatic heterocycles. The van der Waals surface area contributed by atoms with Crippen LogP contribution in [0.2, 0.25) is 0 Å². The van der Waals surface area contributed by atoms with Gasteiger partial charge in [0.1, 0.15) is 0 Å². The van der Waals surface area contributed by atoms with Gasteiger partial charge in [-0.3, -0.25) is 0 Å². The van der Waals surface area contributed by atoms with Crippen molar-refractivity contribution in [1.29, 1.82) is 0 Å². The minimum atomic E-state index is -0.0930. The molecule has 51 heavy (non-hydrogen) atoms. The van der Waals surface area contributed by atoms with Crippen LogP contribution in [0.15, 0.2) is 152 Å². The molecule has 1 heteroatoms. The number of rotatable bonds is 5. The number of aryl methyl sites for hydroxylation is 2. The normalized spacial score (nSPS) is 14.4. The third-order valence-electron chi connectivity index (χ3n) is 11.7. The van der Waals surface area contributed by atoms with Crippen molar-refractivity contribution < 1.29 is 0 Å². The topological polar surface area (TPSA) is 3.24 Å². The minimum Gasteiger partial charge on any atom is -0.310 e. The molecule has 0 unspecified atom stereocenters. The maximum atomic E-state index is 2.52. The molecule has 7 aromatic rings. The Morgan fingerprint density at radius 1 is 0.353 bits per heavy atom. The molecule has 0 aliphatic heterocycles. The molecule has 2 aliphatic carbocycles. The van der Waals surface area contributed by atoms with Crippen molar-refractivity contribution >= 4 is 17.1 Å². The van der Waals surface area contributed by atoms with Gasteiger partial charge in [-0.2, -0.15) is 0 Å². The van der Waals surface area contributed by atoms with Crippen molar-refractivity contribution in [2.45, 2.75) is 52.4 Å². The molecule has 2 aliphatic rings. The predicted molar refractivity (Wildman–Crippen MR) is 217 cm³/mol. The molecule has 0 atom stereocenters. The number of anilines is 3. The van der Waals surface area contributed by atoms with Gasteiger partial charge in [0, 0.05) is 22.2 Å². The summed E-state index contributed by atoms with van der Waals surface area (Å²) >= 11 is 0.